The van der Waals surface area contributed by atoms with Crippen molar-refractivity contribution in [2.75, 3.05) is 19.0 Å². The summed E-state index contributed by atoms with van der Waals surface area (Å²) in [5.41, 5.74) is 5.94. The first-order chi connectivity index (χ1) is 14.9. The van der Waals surface area contributed by atoms with E-state index in [1.54, 1.807) is 23.3 Å². The largest absolute Gasteiger partial charge is 0.484 e. The van der Waals surface area contributed by atoms with Crippen molar-refractivity contribution in [1.82, 2.24) is 25.9 Å². The molecule has 162 valence electrons. The third kappa shape index (κ3) is 4.89. The number of nitrogens with one attached hydrogen (secondary N) is 4. The van der Waals surface area contributed by atoms with Gasteiger partial charge in [0.15, 0.2) is 6.61 Å². The molecule has 0 spiro atoms. The minimum Gasteiger partial charge on any atom is -0.484 e. The molecule has 1 unspecified atom stereocenters. The summed E-state index contributed by atoms with van der Waals surface area (Å²) in [4.78, 5) is 16.5. The van der Waals surface area contributed by atoms with Crippen LogP contribution in [0.1, 0.15) is 25.6 Å². The van der Waals surface area contributed by atoms with Crippen LogP contribution >= 0.6 is 11.6 Å². The van der Waals surface area contributed by atoms with Crippen LogP contribution in [-0.4, -0.2) is 46.8 Å². The van der Waals surface area contributed by atoms with E-state index in [1.165, 1.54) is 0 Å². The summed E-state index contributed by atoms with van der Waals surface area (Å²) in [6, 6.07) is 11.3. The minimum atomic E-state index is -0.351. The van der Waals surface area contributed by atoms with Gasteiger partial charge in [-0.3, -0.25) is 14.9 Å². The molecule has 31 heavy (non-hydrogen) atoms. The molecule has 0 saturated carbocycles. The number of aromatic nitrogens is 2. The number of carbonyl (C=O) groups is 1. The number of aromatic amines is 1. The Morgan fingerprint density at radius 2 is 2.13 bits per heavy atom. The molecule has 2 heterocycles. The molecule has 9 nitrogen and oxygen atoms in total. The maximum Gasteiger partial charge on any atom is 0.258 e. The van der Waals surface area contributed by atoms with Crippen molar-refractivity contribution in [2.24, 2.45) is 4.99 Å². The van der Waals surface area contributed by atoms with Crippen molar-refractivity contribution in [3.63, 3.8) is 0 Å². The lowest BCUT2D eigenvalue weighted by Crippen LogP contribution is -2.37. The van der Waals surface area contributed by atoms with E-state index in [9.17, 15) is 4.79 Å². The molecule has 2 aromatic carbocycles. The Balaban J connectivity index is 1.44. The van der Waals surface area contributed by atoms with Gasteiger partial charge in [0.05, 0.1) is 16.7 Å². The summed E-state index contributed by atoms with van der Waals surface area (Å²) in [5.74, 6) is 1.01. The van der Waals surface area contributed by atoms with Crippen LogP contribution in [0.4, 0.5) is 5.69 Å². The SMILES string of the molecule is CC(C)NC(=O)COc1ccc(C2N=C(Nc3ccc4[nH]ncc4c3)N(C)N2)c(Cl)c1. The summed E-state index contributed by atoms with van der Waals surface area (Å²) < 4.78 is 5.53. The molecule has 1 aliphatic heterocycles. The predicted molar refractivity (Wildman–Crippen MR) is 121 cm³/mol. The quantitative estimate of drug-likeness (QED) is 0.468. The fourth-order valence-electron chi connectivity index (χ4n) is 3.22. The molecule has 0 bridgehead atoms. The van der Waals surface area contributed by atoms with E-state index in [2.05, 4.69) is 26.3 Å². The Kier molecular flexibility index (Phi) is 5.97. The van der Waals surface area contributed by atoms with Gasteiger partial charge in [0, 0.05) is 29.7 Å². The third-order valence-electron chi connectivity index (χ3n) is 4.67. The average molecular weight is 442 g/mol. The number of halogens is 1. The van der Waals surface area contributed by atoms with Crippen molar-refractivity contribution in [1.29, 1.82) is 0 Å². The van der Waals surface area contributed by atoms with Gasteiger partial charge in [-0.2, -0.15) is 5.10 Å². The fraction of sp³-hybridized carbons (Fsp3) is 0.286. The number of anilines is 1. The number of carbonyl (C=O) groups excluding carboxylic acids is 1. The number of benzene rings is 2. The average Bonchev–Trinajstić information content (AvgIpc) is 3.32. The lowest BCUT2D eigenvalue weighted by Gasteiger charge is -2.17. The molecule has 0 aliphatic carbocycles. The first kappa shape index (κ1) is 21.0. The normalized spacial score (nSPS) is 16.0. The van der Waals surface area contributed by atoms with Crippen LogP contribution in [0.25, 0.3) is 10.9 Å². The van der Waals surface area contributed by atoms with Crippen molar-refractivity contribution >= 4 is 40.1 Å². The topological polar surface area (TPSA) is 107 Å². The Labute approximate surface area is 184 Å². The summed E-state index contributed by atoms with van der Waals surface area (Å²) in [5, 5.41) is 16.4. The molecule has 4 rings (SSSR count). The molecule has 3 aromatic rings. The predicted octanol–water partition coefficient (Wildman–Crippen LogP) is 3.04. The van der Waals surface area contributed by atoms with E-state index in [4.69, 9.17) is 21.3 Å². The third-order valence-corrected chi connectivity index (χ3v) is 4.99. The van der Waals surface area contributed by atoms with E-state index in [1.807, 2.05) is 45.2 Å². The Morgan fingerprint density at radius 3 is 2.90 bits per heavy atom. The van der Waals surface area contributed by atoms with Crippen LogP contribution in [0.15, 0.2) is 47.6 Å². The number of nitrogens with zero attached hydrogens (tertiary/aromatic N) is 3. The number of guanidine groups is 1. The van der Waals surface area contributed by atoms with Crippen LogP contribution in [0.3, 0.4) is 0 Å². The van der Waals surface area contributed by atoms with Gasteiger partial charge in [-0.1, -0.05) is 17.7 Å². The number of H-pyrrole nitrogens is 1. The highest BCUT2D eigenvalue weighted by atomic mass is 35.5. The number of hydrogen-bond donors (Lipinski definition) is 4. The van der Waals surface area contributed by atoms with E-state index in [0.717, 1.165) is 22.2 Å². The highest BCUT2D eigenvalue weighted by molar-refractivity contribution is 6.31. The molecule has 1 aliphatic rings. The molecule has 1 aromatic heterocycles. The number of aliphatic imine (C=N–C) groups is 1. The van der Waals surface area contributed by atoms with Crippen molar-refractivity contribution < 1.29 is 9.53 Å². The molecule has 4 N–H and O–H groups in total. The van der Waals surface area contributed by atoms with Crippen molar-refractivity contribution in [3.8, 4) is 5.75 Å². The second kappa shape index (κ2) is 8.83. The number of amides is 1. The molecule has 0 fully saturated rings. The van der Waals surface area contributed by atoms with E-state index >= 15 is 0 Å². The second-order valence-corrected chi connectivity index (χ2v) is 7.94. The standard InChI is InChI=1S/C21H24ClN7O2/c1-12(2)24-19(30)11-31-15-5-6-16(17(22)9-15)20-26-21(29(3)28-20)25-14-4-7-18-13(8-14)10-23-27-18/h4-10,12,20,28H,11H2,1-3H3,(H,23,27)(H,24,30)(H,25,26). The van der Waals surface area contributed by atoms with Gasteiger partial charge in [0.25, 0.3) is 5.91 Å². The first-order valence-corrected chi connectivity index (χ1v) is 10.3. The molecule has 10 heteroatoms. The van der Waals surface area contributed by atoms with Crippen LogP contribution in [-0.2, 0) is 4.79 Å². The van der Waals surface area contributed by atoms with Crippen LogP contribution in [0.5, 0.6) is 5.75 Å². The number of hydrazine groups is 1. The Bertz CT molecular complexity index is 1130. The van der Waals surface area contributed by atoms with Crippen LogP contribution in [0.2, 0.25) is 5.02 Å². The zero-order valence-corrected chi connectivity index (χ0v) is 18.2. The zero-order valence-electron chi connectivity index (χ0n) is 17.4. The van der Waals surface area contributed by atoms with Gasteiger partial charge in [-0.25, -0.2) is 10.4 Å². The highest BCUT2D eigenvalue weighted by Crippen LogP contribution is 2.30. The lowest BCUT2D eigenvalue weighted by atomic mass is 10.2. The van der Waals surface area contributed by atoms with E-state index in [-0.39, 0.29) is 24.7 Å². The lowest BCUT2D eigenvalue weighted by molar-refractivity contribution is -0.123. The van der Waals surface area contributed by atoms with Crippen LogP contribution < -0.4 is 20.8 Å². The van der Waals surface area contributed by atoms with Gasteiger partial charge in [0.2, 0.25) is 5.96 Å². The molecule has 0 radical (unpaired) electrons. The molecule has 1 atom stereocenters. The number of ether oxygens (including phenoxy) is 1. The van der Waals surface area contributed by atoms with Gasteiger partial charge < -0.3 is 15.4 Å². The maximum absolute atomic E-state index is 11.8. The molecule has 0 saturated heterocycles. The van der Waals surface area contributed by atoms with Crippen molar-refractivity contribution in [3.05, 3.63) is 53.2 Å². The van der Waals surface area contributed by atoms with Gasteiger partial charge in [0.1, 0.15) is 11.9 Å². The number of hydrogen-bond acceptors (Lipinski definition) is 7. The van der Waals surface area contributed by atoms with Gasteiger partial charge in [-0.15, -0.1) is 0 Å². The van der Waals surface area contributed by atoms with Crippen molar-refractivity contribution in [2.45, 2.75) is 26.1 Å². The summed E-state index contributed by atoms with van der Waals surface area (Å²) in [6.07, 6.45) is 1.42. The maximum atomic E-state index is 11.8. The number of rotatable bonds is 6. The Hall–Kier alpha value is -3.30. The molecular weight excluding hydrogens is 418 g/mol. The smallest absolute Gasteiger partial charge is 0.258 e. The highest BCUT2D eigenvalue weighted by Gasteiger charge is 2.25. The Morgan fingerprint density at radius 1 is 1.29 bits per heavy atom. The molecular formula is C21H24ClN7O2. The van der Waals surface area contributed by atoms with Crippen LogP contribution in [0, 0.1) is 0 Å². The van der Waals surface area contributed by atoms with E-state index in [0.29, 0.717) is 16.7 Å². The monoisotopic (exact) mass is 441 g/mol. The van der Waals surface area contributed by atoms with Gasteiger partial charge >= 0.3 is 0 Å². The first-order valence-electron chi connectivity index (χ1n) is 9.88. The molecule has 1 amide bonds. The number of fused-ring (bicyclic) bond motifs is 1. The summed E-state index contributed by atoms with van der Waals surface area (Å²) >= 11 is 6.48. The van der Waals surface area contributed by atoms with Gasteiger partial charge in [-0.05, 0) is 44.2 Å². The summed E-state index contributed by atoms with van der Waals surface area (Å²) in [6.45, 7) is 3.73. The second-order valence-electron chi connectivity index (χ2n) is 7.53. The van der Waals surface area contributed by atoms with E-state index < -0.39 is 0 Å². The zero-order chi connectivity index (χ0) is 22.0. The minimum absolute atomic E-state index is 0.0640. The fourth-order valence-corrected chi connectivity index (χ4v) is 3.49. The summed E-state index contributed by atoms with van der Waals surface area (Å²) in [7, 11) is 1.88.